The van der Waals surface area contributed by atoms with Crippen LogP contribution in [0.2, 0.25) is 0 Å². The first-order chi connectivity index (χ1) is 13.7. The van der Waals surface area contributed by atoms with Gasteiger partial charge in [0.25, 0.3) is 5.82 Å². The molecule has 0 aliphatic rings. The zero-order chi connectivity index (χ0) is 21.3. The number of rotatable bonds is 6. The Balaban J connectivity index is 2.40. The summed E-state index contributed by atoms with van der Waals surface area (Å²) in [4.78, 5) is 0. The van der Waals surface area contributed by atoms with Crippen molar-refractivity contribution >= 4 is 0 Å². The largest absolute Gasteiger partial charge is 0.294 e. The second-order valence-corrected chi connectivity index (χ2v) is 9.29. The molecule has 2 nitrogen and oxygen atoms in total. The van der Waals surface area contributed by atoms with Gasteiger partial charge < -0.3 is 0 Å². The van der Waals surface area contributed by atoms with E-state index in [1.54, 1.807) is 0 Å². The lowest BCUT2D eigenvalue weighted by Crippen LogP contribution is -2.41. The highest BCUT2D eigenvalue weighted by atomic mass is 15.2. The minimum absolute atomic E-state index is 0.416. The maximum atomic E-state index is 2.47. The van der Waals surface area contributed by atoms with E-state index in [-0.39, 0.29) is 0 Å². The minimum atomic E-state index is 0.416. The van der Waals surface area contributed by atoms with E-state index in [0.717, 1.165) is 0 Å². The summed E-state index contributed by atoms with van der Waals surface area (Å²) in [5.41, 5.74) is 6.78. The zero-order valence-corrected chi connectivity index (χ0v) is 19.4. The van der Waals surface area contributed by atoms with Crippen molar-refractivity contribution in [2.45, 2.75) is 73.3 Å². The van der Waals surface area contributed by atoms with Crippen LogP contribution >= 0.6 is 0 Å². The van der Waals surface area contributed by atoms with E-state index in [1.807, 2.05) is 0 Å². The third-order valence-electron chi connectivity index (χ3n) is 6.22. The van der Waals surface area contributed by atoms with Crippen molar-refractivity contribution in [1.82, 2.24) is 4.57 Å². The quantitative estimate of drug-likeness (QED) is 0.394. The molecule has 1 unspecified atom stereocenters. The van der Waals surface area contributed by atoms with Gasteiger partial charge in [0.1, 0.15) is 24.1 Å². The van der Waals surface area contributed by atoms with Crippen LogP contribution in [0.5, 0.6) is 0 Å². The molecule has 0 amide bonds. The normalized spacial score (nSPS) is 12.9. The van der Waals surface area contributed by atoms with Crippen LogP contribution in [0.4, 0.5) is 0 Å². The maximum Gasteiger partial charge on any atom is 0.294 e. The summed E-state index contributed by atoms with van der Waals surface area (Å²) in [5.74, 6) is 2.77. The van der Waals surface area contributed by atoms with Crippen molar-refractivity contribution in [2.24, 2.45) is 5.92 Å². The van der Waals surface area contributed by atoms with Crippen LogP contribution in [0.25, 0.3) is 17.1 Å². The molecular formula is C27H37N2+. The van der Waals surface area contributed by atoms with Crippen molar-refractivity contribution in [1.29, 1.82) is 0 Å². The van der Waals surface area contributed by atoms with Gasteiger partial charge in [0.15, 0.2) is 0 Å². The third-order valence-corrected chi connectivity index (χ3v) is 6.22. The molecular weight excluding hydrogens is 352 g/mol. The number of hydrogen-bond donors (Lipinski definition) is 0. The first kappa shape index (κ1) is 21.4. The second kappa shape index (κ2) is 8.57. The van der Waals surface area contributed by atoms with Gasteiger partial charge in [0.2, 0.25) is 0 Å². The van der Waals surface area contributed by atoms with Crippen molar-refractivity contribution < 1.29 is 4.57 Å². The molecule has 154 valence electrons. The summed E-state index contributed by atoms with van der Waals surface area (Å²) in [6.07, 6.45) is 4.54. The maximum absolute atomic E-state index is 2.47. The van der Waals surface area contributed by atoms with E-state index in [4.69, 9.17) is 0 Å². The fourth-order valence-corrected chi connectivity index (χ4v) is 4.12. The summed E-state index contributed by atoms with van der Waals surface area (Å²) in [5, 5.41) is 0. The average molecular weight is 390 g/mol. The van der Waals surface area contributed by atoms with Gasteiger partial charge in [-0.05, 0) is 43.2 Å². The Morgan fingerprint density at radius 3 is 1.86 bits per heavy atom. The van der Waals surface area contributed by atoms with Crippen LogP contribution in [0.1, 0.15) is 83.0 Å². The number of hydrogen-bond acceptors (Lipinski definition) is 0. The molecule has 0 saturated heterocycles. The highest BCUT2D eigenvalue weighted by molar-refractivity contribution is 5.63. The number of aromatic nitrogens is 2. The molecule has 0 fully saturated rings. The smallest absolute Gasteiger partial charge is 0.227 e. The number of benzene rings is 2. The van der Waals surface area contributed by atoms with Crippen molar-refractivity contribution in [2.75, 3.05) is 0 Å². The minimum Gasteiger partial charge on any atom is -0.227 e. The zero-order valence-electron chi connectivity index (χ0n) is 19.4. The Bertz CT molecular complexity index is 950. The van der Waals surface area contributed by atoms with Gasteiger partial charge in [-0.2, -0.15) is 4.57 Å². The molecule has 3 rings (SSSR count). The number of nitrogens with zero attached hydrogens (tertiary/aromatic N) is 2. The standard InChI is InChI=1S/C27H37N2/c1-18(2)22(8)28-16-17-29(27(28)25-13-10-9-12-21(25)7)26-23(19(3)4)14-11-15-24(26)20(5)6/h9-20,22H,1-8H3/q+1. The van der Waals surface area contributed by atoms with Crippen molar-refractivity contribution in [3.05, 3.63) is 71.5 Å². The Morgan fingerprint density at radius 1 is 0.759 bits per heavy atom. The molecule has 29 heavy (non-hydrogen) atoms. The first-order valence-corrected chi connectivity index (χ1v) is 11.1. The molecule has 0 saturated carbocycles. The highest BCUT2D eigenvalue weighted by Crippen LogP contribution is 2.34. The van der Waals surface area contributed by atoms with E-state index in [2.05, 4.69) is 119 Å². The molecule has 2 heteroatoms. The molecule has 1 heterocycles. The lowest BCUT2D eigenvalue weighted by molar-refractivity contribution is -0.714. The molecule has 0 spiro atoms. The summed E-state index contributed by atoms with van der Waals surface area (Å²) >= 11 is 0. The van der Waals surface area contributed by atoms with Crippen LogP contribution in [0.15, 0.2) is 54.9 Å². The second-order valence-electron chi connectivity index (χ2n) is 9.29. The SMILES string of the molecule is Cc1ccccc1-c1n(-c2c(C(C)C)cccc2C(C)C)cc[n+]1C(C)C(C)C. The van der Waals surface area contributed by atoms with Gasteiger partial charge in [0, 0.05) is 11.1 Å². The number of imidazole rings is 1. The van der Waals surface area contributed by atoms with E-state index in [1.165, 1.54) is 33.8 Å². The van der Waals surface area contributed by atoms with Crippen molar-refractivity contribution in [3.8, 4) is 17.1 Å². The van der Waals surface area contributed by atoms with E-state index < -0.39 is 0 Å². The Kier molecular flexibility index (Phi) is 6.31. The fraction of sp³-hybridized carbons (Fsp3) is 0.444. The highest BCUT2D eigenvalue weighted by Gasteiger charge is 2.30. The Labute approximate surface area is 177 Å². The molecule has 0 aliphatic heterocycles. The summed E-state index contributed by atoms with van der Waals surface area (Å²) in [7, 11) is 0. The van der Waals surface area contributed by atoms with Gasteiger partial charge in [-0.1, -0.05) is 77.9 Å². The summed E-state index contributed by atoms with van der Waals surface area (Å²) in [6, 6.07) is 16.0. The number of para-hydroxylation sites is 1. The topological polar surface area (TPSA) is 8.81 Å². The molecule has 0 bridgehead atoms. The van der Waals surface area contributed by atoms with Crippen LogP contribution < -0.4 is 4.57 Å². The predicted octanol–water partition coefficient (Wildman–Crippen LogP) is 7.20. The predicted molar refractivity (Wildman–Crippen MR) is 124 cm³/mol. The van der Waals surface area contributed by atoms with Crippen molar-refractivity contribution in [3.63, 3.8) is 0 Å². The first-order valence-electron chi connectivity index (χ1n) is 11.1. The van der Waals surface area contributed by atoms with Crippen LogP contribution in [0, 0.1) is 12.8 Å². The summed E-state index contributed by atoms with van der Waals surface area (Å²) in [6.45, 7) is 18.3. The lowest BCUT2D eigenvalue weighted by Gasteiger charge is -2.20. The third kappa shape index (κ3) is 4.03. The molecule has 1 atom stereocenters. The fourth-order valence-electron chi connectivity index (χ4n) is 4.12. The van der Waals surface area contributed by atoms with Gasteiger partial charge in [-0.15, -0.1) is 0 Å². The number of aryl methyl sites for hydroxylation is 1. The molecule has 1 aromatic heterocycles. The lowest BCUT2D eigenvalue weighted by atomic mass is 9.92. The van der Waals surface area contributed by atoms with Gasteiger partial charge in [-0.3, -0.25) is 0 Å². The van der Waals surface area contributed by atoms with Crippen LogP contribution in [-0.4, -0.2) is 4.57 Å². The Morgan fingerprint density at radius 2 is 1.34 bits per heavy atom. The van der Waals surface area contributed by atoms with E-state index in [9.17, 15) is 0 Å². The molecule has 0 aliphatic carbocycles. The van der Waals surface area contributed by atoms with Crippen LogP contribution in [-0.2, 0) is 0 Å². The van der Waals surface area contributed by atoms with Gasteiger partial charge in [0.05, 0.1) is 5.56 Å². The van der Waals surface area contributed by atoms with Gasteiger partial charge in [-0.25, -0.2) is 4.57 Å². The van der Waals surface area contributed by atoms with Crippen LogP contribution in [0.3, 0.4) is 0 Å². The van der Waals surface area contributed by atoms with Gasteiger partial charge >= 0.3 is 0 Å². The monoisotopic (exact) mass is 389 g/mol. The van der Waals surface area contributed by atoms with E-state index in [0.29, 0.717) is 23.8 Å². The molecule has 0 N–H and O–H groups in total. The average Bonchev–Trinajstić information content (AvgIpc) is 3.11. The van der Waals surface area contributed by atoms with E-state index >= 15 is 0 Å². The Hall–Kier alpha value is -2.35. The molecule has 0 radical (unpaired) electrons. The molecule has 2 aromatic carbocycles. The summed E-state index contributed by atoms with van der Waals surface area (Å²) < 4.78 is 4.92. The molecule has 3 aromatic rings.